The number of anilines is 1. The predicted octanol–water partition coefficient (Wildman–Crippen LogP) is 7.39. The Morgan fingerprint density at radius 1 is 0.839 bits per heavy atom. The molecule has 0 saturated carbocycles. The predicted molar refractivity (Wildman–Crippen MR) is 129 cm³/mol. The highest BCUT2D eigenvalue weighted by atomic mass is 35.5. The number of hydrogen-bond acceptors (Lipinski definition) is 3. The van der Waals surface area contributed by atoms with E-state index in [0.29, 0.717) is 19.8 Å². The Labute approximate surface area is 188 Å². The Bertz CT molecular complexity index is 1180. The molecular formula is C27H26ClNO2. The molecule has 1 N–H and O–H groups in total. The molecule has 31 heavy (non-hydrogen) atoms. The molecule has 0 aliphatic rings. The summed E-state index contributed by atoms with van der Waals surface area (Å²) < 4.78 is 12.0. The van der Waals surface area contributed by atoms with Crippen LogP contribution in [0.2, 0.25) is 5.02 Å². The average Bonchev–Trinajstić information content (AvgIpc) is 2.79. The summed E-state index contributed by atoms with van der Waals surface area (Å²) in [6.07, 6.45) is 0. The number of ether oxygens (including phenoxy) is 2. The highest BCUT2D eigenvalue weighted by Gasteiger charge is 2.09. The zero-order valence-corrected chi connectivity index (χ0v) is 18.6. The fraction of sp³-hybridized carbons (Fsp3) is 0.185. The normalized spacial score (nSPS) is 10.8. The van der Waals surface area contributed by atoms with Gasteiger partial charge in [-0.25, -0.2) is 0 Å². The summed E-state index contributed by atoms with van der Waals surface area (Å²) in [5.41, 5.74) is 4.32. The van der Waals surface area contributed by atoms with Crippen LogP contribution in [-0.2, 0) is 13.2 Å². The molecule has 0 amide bonds. The van der Waals surface area contributed by atoms with Crippen LogP contribution in [-0.4, -0.2) is 6.61 Å². The van der Waals surface area contributed by atoms with Crippen LogP contribution in [0.4, 0.5) is 5.69 Å². The number of hydrogen-bond donors (Lipinski definition) is 1. The van der Waals surface area contributed by atoms with Gasteiger partial charge in [0.05, 0.1) is 6.61 Å². The molecule has 0 bridgehead atoms. The van der Waals surface area contributed by atoms with E-state index in [9.17, 15) is 0 Å². The molecule has 3 nitrogen and oxygen atoms in total. The molecule has 158 valence electrons. The zero-order valence-electron chi connectivity index (χ0n) is 17.8. The summed E-state index contributed by atoms with van der Waals surface area (Å²) in [6, 6.07) is 26.7. The van der Waals surface area contributed by atoms with Gasteiger partial charge in [0.15, 0.2) is 11.5 Å². The maximum Gasteiger partial charge on any atom is 0.161 e. The lowest BCUT2D eigenvalue weighted by Crippen LogP contribution is -2.03. The second-order valence-corrected chi connectivity index (χ2v) is 7.87. The van der Waals surface area contributed by atoms with Crippen molar-refractivity contribution in [1.29, 1.82) is 0 Å². The first-order chi connectivity index (χ1) is 15.1. The molecule has 0 radical (unpaired) electrons. The summed E-state index contributed by atoms with van der Waals surface area (Å²) >= 11 is 6.23. The van der Waals surface area contributed by atoms with Crippen molar-refractivity contribution in [3.05, 3.63) is 101 Å². The van der Waals surface area contributed by atoms with Crippen molar-refractivity contribution in [3.8, 4) is 11.5 Å². The van der Waals surface area contributed by atoms with Gasteiger partial charge in [-0.2, -0.15) is 0 Å². The summed E-state index contributed by atoms with van der Waals surface area (Å²) in [5, 5.41) is 6.60. The molecule has 0 aliphatic carbocycles. The molecule has 4 aromatic rings. The van der Waals surface area contributed by atoms with E-state index in [1.54, 1.807) is 0 Å². The number of fused-ring (bicyclic) bond motifs is 1. The van der Waals surface area contributed by atoms with E-state index in [0.717, 1.165) is 38.9 Å². The lowest BCUT2D eigenvalue weighted by Gasteiger charge is -2.15. The van der Waals surface area contributed by atoms with E-state index in [2.05, 4.69) is 53.8 Å². The van der Waals surface area contributed by atoms with E-state index in [4.69, 9.17) is 21.1 Å². The SMILES string of the molecule is CCOc1cc(CNc2ccc(C)c(Cl)c2)ccc1OCc1cccc2ccccc12. The van der Waals surface area contributed by atoms with Gasteiger partial charge in [0, 0.05) is 17.3 Å². The summed E-state index contributed by atoms with van der Waals surface area (Å²) in [4.78, 5) is 0. The number of aryl methyl sites for hydroxylation is 1. The van der Waals surface area contributed by atoms with Gasteiger partial charge in [-0.3, -0.25) is 0 Å². The summed E-state index contributed by atoms with van der Waals surface area (Å²) in [5.74, 6) is 1.50. The third kappa shape index (κ3) is 5.12. The second-order valence-electron chi connectivity index (χ2n) is 7.46. The van der Waals surface area contributed by atoms with E-state index < -0.39 is 0 Å². The third-order valence-corrected chi connectivity index (χ3v) is 5.65. The molecular weight excluding hydrogens is 406 g/mol. The standard InChI is InChI=1S/C27H26ClNO2/c1-3-30-27-15-20(17-29-23-13-11-19(2)25(28)16-23)12-14-26(27)31-18-22-9-6-8-21-7-4-5-10-24(21)22/h4-16,29H,3,17-18H2,1-2H3. The number of nitrogens with one attached hydrogen (secondary N) is 1. The van der Waals surface area contributed by atoms with Crippen LogP contribution in [0.3, 0.4) is 0 Å². The molecule has 0 aromatic heterocycles. The maximum atomic E-state index is 6.23. The first-order valence-corrected chi connectivity index (χ1v) is 10.9. The maximum absolute atomic E-state index is 6.23. The highest BCUT2D eigenvalue weighted by Crippen LogP contribution is 2.31. The van der Waals surface area contributed by atoms with Crippen LogP contribution in [0.1, 0.15) is 23.6 Å². The minimum Gasteiger partial charge on any atom is -0.490 e. The monoisotopic (exact) mass is 431 g/mol. The van der Waals surface area contributed by atoms with Crippen molar-refractivity contribution < 1.29 is 9.47 Å². The molecule has 4 rings (SSSR count). The number of benzene rings is 4. The largest absolute Gasteiger partial charge is 0.490 e. The molecule has 0 unspecified atom stereocenters. The summed E-state index contributed by atoms with van der Waals surface area (Å²) in [6.45, 7) is 5.71. The van der Waals surface area contributed by atoms with Crippen molar-refractivity contribution in [3.63, 3.8) is 0 Å². The van der Waals surface area contributed by atoms with E-state index in [1.807, 2.05) is 44.2 Å². The second kappa shape index (κ2) is 9.76. The highest BCUT2D eigenvalue weighted by molar-refractivity contribution is 6.31. The van der Waals surface area contributed by atoms with Crippen molar-refractivity contribution in [2.24, 2.45) is 0 Å². The van der Waals surface area contributed by atoms with Crippen molar-refractivity contribution in [2.75, 3.05) is 11.9 Å². The Morgan fingerprint density at radius 3 is 2.52 bits per heavy atom. The topological polar surface area (TPSA) is 30.5 Å². The van der Waals surface area contributed by atoms with E-state index >= 15 is 0 Å². The van der Waals surface area contributed by atoms with Crippen LogP contribution in [0.5, 0.6) is 11.5 Å². The van der Waals surface area contributed by atoms with Crippen LogP contribution in [0.25, 0.3) is 10.8 Å². The fourth-order valence-corrected chi connectivity index (χ4v) is 3.71. The van der Waals surface area contributed by atoms with Gasteiger partial charge in [0.25, 0.3) is 0 Å². The Balaban J connectivity index is 1.48. The Kier molecular flexibility index (Phi) is 6.63. The smallest absolute Gasteiger partial charge is 0.161 e. The first-order valence-electron chi connectivity index (χ1n) is 10.5. The lowest BCUT2D eigenvalue weighted by molar-refractivity contribution is 0.270. The van der Waals surface area contributed by atoms with Gasteiger partial charge in [-0.1, -0.05) is 66.2 Å². The lowest BCUT2D eigenvalue weighted by atomic mass is 10.1. The molecule has 4 heteroatoms. The van der Waals surface area contributed by atoms with Gasteiger partial charge in [0.2, 0.25) is 0 Å². The fourth-order valence-electron chi connectivity index (χ4n) is 3.53. The van der Waals surface area contributed by atoms with Crippen LogP contribution in [0, 0.1) is 6.92 Å². The van der Waals surface area contributed by atoms with Gasteiger partial charge in [-0.05, 0) is 65.6 Å². The minimum atomic E-state index is 0.487. The molecule has 0 heterocycles. The van der Waals surface area contributed by atoms with Crippen LogP contribution in [0.15, 0.2) is 78.9 Å². The molecule has 0 aliphatic heterocycles. The molecule has 0 spiro atoms. The number of rotatable bonds is 8. The van der Waals surface area contributed by atoms with Crippen molar-refractivity contribution in [1.82, 2.24) is 0 Å². The molecule has 0 saturated heterocycles. The Hall–Kier alpha value is -3.17. The van der Waals surface area contributed by atoms with Crippen molar-refractivity contribution >= 4 is 28.1 Å². The Morgan fingerprint density at radius 2 is 1.68 bits per heavy atom. The van der Waals surface area contributed by atoms with Crippen LogP contribution >= 0.6 is 11.6 Å². The molecule has 0 atom stereocenters. The zero-order chi connectivity index (χ0) is 21.6. The van der Waals surface area contributed by atoms with Gasteiger partial charge >= 0.3 is 0 Å². The third-order valence-electron chi connectivity index (χ3n) is 5.24. The van der Waals surface area contributed by atoms with Gasteiger partial charge in [0.1, 0.15) is 6.61 Å². The van der Waals surface area contributed by atoms with Crippen LogP contribution < -0.4 is 14.8 Å². The van der Waals surface area contributed by atoms with E-state index in [-0.39, 0.29) is 0 Å². The molecule has 4 aromatic carbocycles. The van der Waals surface area contributed by atoms with Gasteiger partial charge < -0.3 is 14.8 Å². The molecule has 0 fully saturated rings. The van der Waals surface area contributed by atoms with Gasteiger partial charge in [-0.15, -0.1) is 0 Å². The quantitative estimate of drug-likeness (QED) is 0.315. The first kappa shape index (κ1) is 21.1. The summed E-state index contributed by atoms with van der Waals surface area (Å²) in [7, 11) is 0. The number of halogens is 1. The van der Waals surface area contributed by atoms with Crippen molar-refractivity contribution in [2.45, 2.75) is 27.0 Å². The average molecular weight is 432 g/mol. The minimum absolute atomic E-state index is 0.487. The van der Waals surface area contributed by atoms with E-state index in [1.165, 1.54) is 10.8 Å².